The van der Waals surface area contributed by atoms with Crippen molar-refractivity contribution in [1.82, 2.24) is 9.55 Å². The van der Waals surface area contributed by atoms with E-state index in [1.807, 2.05) is 4.90 Å². The second-order valence-corrected chi connectivity index (χ2v) is 4.24. The number of hydrogen-bond donors (Lipinski definition) is 1. The van der Waals surface area contributed by atoms with Crippen LogP contribution in [0.15, 0.2) is 17.2 Å². The molecular formula is C11H15N3O3. The second-order valence-electron chi connectivity index (χ2n) is 4.24. The lowest BCUT2D eigenvalue weighted by molar-refractivity contribution is -0.136. The number of carbonyl (C=O) groups is 1. The normalized spacial score (nSPS) is 14.6. The van der Waals surface area contributed by atoms with Gasteiger partial charge in [-0.2, -0.15) is 0 Å². The molecule has 1 aromatic rings. The SMILES string of the molecule is Cn1ccnc(N(CCC(=O)O)C2CC2)c1=O. The van der Waals surface area contributed by atoms with Crippen LogP contribution >= 0.6 is 0 Å². The summed E-state index contributed by atoms with van der Waals surface area (Å²) in [6.45, 7) is 0.340. The molecule has 17 heavy (non-hydrogen) atoms. The highest BCUT2D eigenvalue weighted by atomic mass is 16.4. The summed E-state index contributed by atoms with van der Waals surface area (Å²) in [6, 6.07) is 0.275. The fraction of sp³-hybridized carbons (Fsp3) is 0.545. The van der Waals surface area contributed by atoms with Crippen molar-refractivity contribution < 1.29 is 9.90 Å². The van der Waals surface area contributed by atoms with E-state index in [1.54, 1.807) is 19.4 Å². The van der Waals surface area contributed by atoms with Crippen LogP contribution in [-0.2, 0) is 11.8 Å². The first-order chi connectivity index (χ1) is 8.09. The van der Waals surface area contributed by atoms with Crippen LogP contribution < -0.4 is 10.5 Å². The highest BCUT2D eigenvalue weighted by molar-refractivity contribution is 5.67. The number of hydrogen-bond acceptors (Lipinski definition) is 4. The monoisotopic (exact) mass is 237 g/mol. The summed E-state index contributed by atoms with van der Waals surface area (Å²) in [5, 5.41) is 8.70. The third kappa shape index (κ3) is 2.64. The van der Waals surface area contributed by atoms with Gasteiger partial charge >= 0.3 is 5.97 Å². The predicted molar refractivity (Wildman–Crippen MR) is 62.1 cm³/mol. The zero-order valence-corrected chi connectivity index (χ0v) is 9.67. The number of aryl methyl sites for hydroxylation is 1. The Morgan fingerprint density at radius 3 is 2.94 bits per heavy atom. The van der Waals surface area contributed by atoms with Crippen molar-refractivity contribution in [2.24, 2.45) is 7.05 Å². The van der Waals surface area contributed by atoms with Gasteiger partial charge in [-0.25, -0.2) is 4.98 Å². The lowest BCUT2D eigenvalue weighted by Crippen LogP contribution is -2.35. The number of rotatable bonds is 5. The summed E-state index contributed by atoms with van der Waals surface area (Å²) in [6.07, 6.45) is 5.18. The minimum atomic E-state index is -0.858. The summed E-state index contributed by atoms with van der Waals surface area (Å²) in [7, 11) is 1.66. The van der Waals surface area contributed by atoms with Gasteiger partial charge in [0, 0.05) is 32.0 Å². The van der Waals surface area contributed by atoms with Crippen LogP contribution in [0, 0.1) is 0 Å². The Bertz CT molecular complexity index is 479. The molecule has 1 heterocycles. The first-order valence-electron chi connectivity index (χ1n) is 5.59. The van der Waals surface area contributed by atoms with Crippen molar-refractivity contribution in [2.75, 3.05) is 11.4 Å². The Balaban J connectivity index is 2.23. The van der Waals surface area contributed by atoms with E-state index in [2.05, 4.69) is 4.98 Å². The third-order valence-corrected chi connectivity index (χ3v) is 2.82. The first-order valence-corrected chi connectivity index (χ1v) is 5.59. The van der Waals surface area contributed by atoms with Gasteiger partial charge in [0.15, 0.2) is 5.82 Å². The maximum absolute atomic E-state index is 11.9. The molecule has 1 saturated carbocycles. The van der Waals surface area contributed by atoms with E-state index in [-0.39, 0.29) is 18.0 Å². The van der Waals surface area contributed by atoms with Gasteiger partial charge in [0.2, 0.25) is 0 Å². The highest BCUT2D eigenvalue weighted by Crippen LogP contribution is 2.29. The standard InChI is InChI=1S/C11H15N3O3/c1-13-7-5-12-10(11(13)17)14(8-2-3-8)6-4-9(15)16/h5,7-8H,2-4,6H2,1H3,(H,15,16). The summed E-state index contributed by atoms with van der Waals surface area (Å²) >= 11 is 0. The fourth-order valence-electron chi connectivity index (χ4n) is 1.75. The molecular weight excluding hydrogens is 222 g/mol. The Hall–Kier alpha value is -1.85. The molecule has 1 aliphatic rings. The van der Waals surface area contributed by atoms with Crippen LogP contribution in [0.5, 0.6) is 0 Å². The average Bonchev–Trinajstić information content (AvgIpc) is 3.08. The van der Waals surface area contributed by atoms with Crippen LogP contribution in [0.25, 0.3) is 0 Å². The lowest BCUT2D eigenvalue weighted by atomic mass is 10.3. The van der Waals surface area contributed by atoms with Gasteiger partial charge < -0.3 is 14.6 Å². The molecule has 0 atom stereocenters. The molecule has 0 spiro atoms. The van der Waals surface area contributed by atoms with E-state index in [4.69, 9.17) is 5.11 Å². The number of carboxylic acid groups (broad SMARTS) is 1. The van der Waals surface area contributed by atoms with E-state index in [0.717, 1.165) is 12.8 Å². The second kappa shape index (κ2) is 4.57. The number of nitrogens with zero attached hydrogens (tertiary/aromatic N) is 3. The molecule has 1 aliphatic carbocycles. The van der Waals surface area contributed by atoms with E-state index < -0.39 is 5.97 Å². The van der Waals surface area contributed by atoms with Crippen molar-refractivity contribution in [3.63, 3.8) is 0 Å². The van der Waals surface area contributed by atoms with Crippen LogP contribution in [0.2, 0.25) is 0 Å². The molecule has 0 radical (unpaired) electrons. The summed E-state index contributed by atoms with van der Waals surface area (Å²) < 4.78 is 1.46. The largest absolute Gasteiger partial charge is 0.481 e. The van der Waals surface area contributed by atoms with Crippen LogP contribution in [0.1, 0.15) is 19.3 Å². The molecule has 0 unspecified atom stereocenters. The molecule has 0 aromatic carbocycles. The number of carboxylic acids is 1. The Labute approximate surface area is 98.5 Å². The van der Waals surface area contributed by atoms with Crippen molar-refractivity contribution in [2.45, 2.75) is 25.3 Å². The van der Waals surface area contributed by atoms with Crippen molar-refractivity contribution in [3.8, 4) is 0 Å². The molecule has 6 nitrogen and oxygen atoms in total. The summed E-state index contributed by atoms with van der Waals surface area (Å²) in [5.41, 5.74) is -0.176. The lowest BCUT2D eigenvalue weighted by Gasteiger charge is -2.21. The fourth-order valence-corrected chi connectivity index (χ4v) is 1.75. The molecule has 2 rings (SSSR count). The van der Waals surface area contributed by atoms with Crippen LogP contribution in [-0.4, -0.2) is 33.2 Å². The van der Waals surface area contributed by atoms with Crippen molar-refractivity contribution in [3.05, 3.63) is 22.7 Å². The average molecular weight is 237 g/mol. The van der Waals surface area contributed by atoms with Gasteiger partial charge in [-0.3, -0.25) is 9.59 Å². The Kier molecular flexibility index (Phi) is 3.12. The molecule has 0 aliphatic heterocycles. The summed E-state index contributed by atoms with van der Waals surface area (Å²) in [4.78, 5) is 28.4. The molecule has 1 fully saturated rings. The van der Waals surface area contributed by atoms with E-state index >= 15 is 0 Å². The highest BCUT2D eigenvalue weighted by Gasteiger charge is 2.31. The van der Waals surface area contributed by atoms with E-state index in [1.165, 1.54) is 4.57 Å². The van der Waals surface area contributed by atoms with Gasteiger partial charge in [0.1, 0.15) is 0 Å². The minimum absolute atomic E-state index is 0.0240. The van der Waals surface area contributed by atoms with Crippen LogP contribution in [0.4, 0.5) is 5.82 Å². The quantitative estimate of drug-likeness (QED) is 0.793. The summed E-state index contributed by atoms with van der Waals surface area (Å²) in [5.74, 6) is -0.498. The minimum Gasteiger partial charge on any atom is -0.481 e. The Morgan fingerprint density at radius 1 is 1.65 bits per heavy atom. The molecule has 0 amide bonds. The topological polar surface area (TPSA) is 75.4 Å². The first kappa shape index (κ1) is 11.6. The number of anilines is 1. The van der Waals surface area contributed by atoms with E-state index in [9.17, 15) is 9.59 Å². The van der Waals surface area contributed by atoms with Gasteiger partial charge in [-0.15, -0.1) is 0 Å². The zero-order valence-electron chi connectivity index (χ0n) is 9.67. The smallest absolute Gasteiger partial charge is 0.305 e. The van der Waals surface area contributed by atoms with Gasteiger partial charge in [-0.05, 0) is 12.8 Å². The maximum atomic E-state index is 11.9. The molecule has 1 aromatic heterocycles. The molecule has 6 heteroatoms. The van der Waals surface area contributed by atoms with E-state index in [0.29, 0.717) is 12.4 Å². The number of aliphatic carboxylic acids is 1. The van der Waals surface area contributed by atoms with Gasteiger partial charge in [0.05, 0.1) is 6.42 Å². The van der Waals surface area contributed by atoms with Crippen LogP contribution in [0.3, 0.4) is 0 Å². The van der Waals surface area contributed by atoms with Crippen molar-refractivity contribution >= 4 is 11.8 Å². The third-order valence-electron chi connectivity index (χ3n) is 2.82. The zero-order chi connectivity index (χ0) is 12.4. The molecule has 1 N–H and O–H groups in total. The van der Waals surface area contributed by atoms with Crippen molar-refractivity contribution in [1.29, 1.82) is 0 Å². The Morgan fingerprint density at radius 2 is 2.35 bits per heavy atom. The number of aromatic nitrogens is 2. The molecule has 0 bridgehead atoms. The molecule has 0 saturated heterocycles. The maximum Gasteiger partial charge on any atom is 0.305 e. The van der Waals surface area contributed by atoms with Gasteiger partial charge in [0.25, 0.3) is 5.56 Å². The molecule has 92 valence electrons. The van der Waals surface area contributed by atoms with Gasteiger partial charge in [-0.1, -0.05) is 0 Å². The predicted octanol–water partition coefficient (Wildman–Crippen LogP) is 0.224.